The lowest BCUT2D eigenvalue weighted by molar-refractivity contribution is 0.0997. The Bertz CT molecular complexity index is 1360. The molecule has 1 aromatic heterocycles. The molecule has 6 nitrogen and oxygen atoms in total. The van der Waals surface area contributed by atoms with Gasteiger partial charge in [-0.1, -0.05) is 36.2 Å². The summed E-state index contributed by atoms with van der Waals surface area (Å²) in [5, 5.41) is 0. The summed E-state index contributed by atoms with van der Waals surface area (Å²) in [5.74, 6) is 1.47. The van der Waals surface area contributed by atoms with Crippen molar-refractivity contribution in [1.82, 2.24) is 8.87 Å². The average Bonchev–Trinajstić information content (AvgIpc) is 2.94. The van der Waals surface area contributed by atoms with Crippen LogP contribution in [0.5, 0.6) is 0 Å². The van der Waals surface area contributed by atoms with E-state index in [1.54, 1.807) is 12.1 Å². The van der Waals surface area contributed by atoms with Gasteiger partial charge in [-0.2, -0.15) is 9.30 Å². The van der Waals surface area contributed by atoms with E-state index in [-0.39, 0.29) is 21.8 Å². The van der Waals surface area contributed by atoms with Crippen molar-refractivity contribution < 1.29 is 17.6 Å². The molecule has 0 spiro atoms. The summed E-state index contributed by atoms with van der Waals surface area (Å²) in [6, 6.07) is 10.4. The highest BCUT2D eigenvalue weighted by Gasteiger charge is 2.25. The van der Waals surface area contributed by atoms with Gasteiger partial charge in [0.1, 0.15) is 5.82 Å². The summed E-state index contributed by atoms with van der Waals surface area (Å²) in [6.45, 7) is 1.09. The Kier molecular flexibility index (Phi) is 6.55. The molecule has 0 N–H and O–H groups in total. The van der Waals surface area contributed by atoms with Gasteiger partial charge in [0.15, 0.2) is 4.80 Å². The third-order valence-corrected chi connectivity index (χ3v) is 8.36. The molecular weight excluding hydrogens is 449 g/mol. The van der Waals surface area contributed by atoms with Crippen molar-refractivity contribution in [1.29, 1.82) is 0 Å². The molecule has 166 valence electrons. The zero-order chi connectivity index (χ0) is 22.7. The van der Waals surface area contributed by atoms with Gasteiger partial charge in [-0.05, 0) is 49.2 Å². The molecule has 1 aliphatic rings. The van der Waals surface area contributed by atoms with E-state index in [2.05, 4.69) is 10.9 Å². The van der Waals surface area contributed by atoms with Gasteiger partial charge in [0.05, 0.1) is 21.7 Å². The molecular formula is C23H22FN3O3S2. The number of para-hydroxylation sites is 1. The number of sulfonamides is 1. The van der Waals surface area contributed by atoms with Crippen molar-refractivity contribution in [3.63, 3.8) is 0 Å². The number of carbonyl (C=O) groups is 1. The maximum atomic E-state index is 14.3. The van der Waals surface area contributed by atoms with Gasteiger partial charge < -0.3 is 4.57 Å². The van der Waals surface area contributed by atoms with Crippen molar-refractivity contribution in [2.75, 3.05) is 13.1 Å². The second-order valence-corrected chi connectivity index (χ2v) is 10.5. The molecule has 0 atom stereocenters. The highest BCUT2D eigenvalue weighted by atomic mass is 32.2. The highest BCUT2D eigenvalue weighted by Crippen LogP contribution is 2.22. The molecule has 1 saturated heterocycles. The minimum atomic E-state index is -3.60. The lowest BCUT2D eigenvalue weighted by Crippen LogP contribution is -2.31. The first-order valence-electron chi connectivity index (χ1n) is 10.3. The third kappa shape index (κ3) is 4.39. The van der Waals surface area contributed by atoms with E-state index in [0.29, 0.717) is 23.3 Å². The van der Waals surface area contributed by atoms with E-state index < -0.39 is 21.7 Å². The summed E-state index contributed by atoms with van der Waals surface area (Å²) >= 11 is 1.17. The predicted octanol–water partition coefficient (Wildman–Crippen LogP) is 3.78. The summed E-state index contributed by atoms with van der Waals surface area (Å²) in [5.41, 5.74) is 0.547. The molecule has 1 aliphatic heterocycles. The lowest BCUT2D eigenvalue weighted by Gasteiger charge is -2.19. The maximum absolute atomic E-state index is 14.3. The molecule has 2 aromatic carbocycles. The first kappa shape index (κ1) is 22.4. The number of carbonyl (C=O) groups excluding carboxylic acids is 1. The number of nitrogens with zero attached hydrogens (tertiary/aromatic N) is 3. The zero-order valence-electron chi connectivity index (χ0n) is 17.3. The Morgan fingerprint density at radius 3 is 2.44 bits per heavy atom. The standard InChI is InChI=1S/C23H22FN3O3S2/c1-2-14-27-21-19(24)8-7-9-20(21)31-23(27)25-22(28)17-10-12-18(13-11-17)32(29,30)26-15-5-3-4-6-16-26/h1,7-13H,3-6,14-16H2. The molecule has 0 bridgehead atoms. The van der Waals surface area contributed by atoms with Crippen LogP contribution in [0.2, 0.25) is 0 Å². The Balaban J connectivity index is 1.65. The summed E-state index contributed by atoms with van der Waals surface area (Å²) in [7, 11) is -3.60. The van der Waals surface area contributed by atoms with Crippen LogP contribution >= 0.6 is 11.3 Å². The third-order valence-electron chi connectivity index (χ3n) is 5.40. The minimum Gasteiger partial charge on any atom is -0.302 e. The van der Waals surface area contributed by atoms with Crippen LogP contribution in [0, 0.1) is 18.2 Å². The van der Waals surface area contributed by atoms with E-state index in [0.717, 1.165) is 25.7 Å². The number of hydrogen-bond donors (Lipinski definition) is 0. The quantitative estimate of drug-likeness (QED) is 0.544. The Morgan fingerprint density at radius 2 is 1.78 bits per heavy atom. The van der Waals surface area contributed by atoms with Gasteiger partial charge in [0.25, 0.3) is 5.91 Å². The fourth-order valence-electron chi connectivity index (χ4n) is 3.76. The number of benzene rings is 2. The molecule has 0 saturated carbocycles. The van der Waals surface area contributed by atoms with Crippen molar-refractivity contribution >= 4 is 37.5 Å². The molecule has 0 unspecified atom stereocenters. The van der Waals surface area contributed by atoms with Crippen LogP contribution < -0.4 is 4.80 Å². The Morgan fingerprint density at radius 1 is 1.09 bits per heavy atom. The largest absolute Gasteiger partial charge is 0.302 e. The molecule has 9 heteroatoms. The monoisotopic (exact) mass is 471 g/mol. The predicted molar refractivity (Wildman–Crippen MR) is 122 cm³/mol. The average molecular weight is 472 g/mol. The summed E-state index contributed by atoms with van der Waals surface area (Å²) in [6.07, 6.45) is 9.18. The summed E-state index contributed by atoms with van der Waals surface area (Å²) in [4.78, 5) is 17.3. The molecule has 1 fully saturated rings. The number of halogens is 1. The van der Waals surface area contributed by atoms with Gasteiger partial charge in [0.2, 0.25) is 10.0 Å². The number of amides is 1. The first-order chi connectivity index (χ1) is 15.4. The van der Waals surface area contributed by atoms with Gasteiger partial charge >= 0.3 is 0 Å². The number of fused-ring (bicyclic) bond motifs is 1. The fraction of sp³-hybridized carbons (Fsp3) is 0.304. The number of rotatable bonds is 4. The highest BCUT2D eigenvalue weighted by molar-refractivity contribution is 7.89. The minimum absolute atomic E-state index is 0.0695. The number of hydrogen-bond acceptors (Lipinski definition) is 4. The molecule has 0 aliphatic carbocycles. The number of terminal acetylenes is 1. The molecule has 4 rings (SSSR count). The zero-order valence-corrected chi connectivity index (χ0v) is 19.0. The van der Waals surface area contributed by atoms with Crippen molar-refractivity contribution in [2.24, 2.45) is 4.99 Å². The van der Waals surface area contributed by atoms with Crippen LogP contribution in [0.4, 0.5) is 4.39 Å². The molecule has 1 amide bonds. The molecule has 0 radical (unpaired) electrons. The second kappa shape index (κ2) is 9.36. The van der Waals surface area contributed by atoms with Gasteiger partial charge in [-0.15, -0.1) is 6.42 Å². The Labute approximate surface area is 190 Å². The van der Waals surface area contributed by atoms with Gasteiger partial charge in [-0.3, -0.25) is 4.79 Å². The number of aromatic nitrogens is 1. The molecule has 2 heterocycles. The van der Waals surface area contributed by atoms with Crippen LogP contribution in [-0.4, -0.2) is 36.3 Å². The van der Waals surface area contributed by atoms with Crippen LogP contribution in [0.3, 0.4) is 0 Å². The van der Waals surface area contributed by atoms with Gasteiger partial charge in [-0.25, -0.2) is 12.8 Å². The van der Waals surface area contributed by atoms with Crippen LogP contribution in [0.1, 0.15) is 36.0 Å². The molecule has 32 heavy (non-hydrogen) atoms. The van der Waals surface area contributed by atoms with E-state index in [4.69, 9.17) is 6.42 Å². The van der Waals surface area contributed by atoms with E-state index in [1.165, 1.54) is 50.5 Å². The normalized spacial score (nSPS) is 16.1. The second-order valence-electron chi connectivity index (χ2n) is 7.52. The fourth-order valence-corrected chi connectivity index (χ4v) is 6.32. The van der Waals surface area contributed by atoms with E-state index >= 15 is 0 Å². The van der Waals surface area contributed by atoms with E-state index in [9.17, 15) is 17.6 Å². The SMILES string of the molecule is C#CCn1c(=NC(=O)c2ccc(S(=O)(=O)N3CCCCCC3)cc2)sc2cccc(F)c21. The summed E-state index contributed by atoms with van der Waals surface area (Å²) < 4.78 is 43.8. The van der Waals surface area contributed by atoms with Crippen LogP contribution in [-0.2, 0) is 16.6 Å². The van der Waals surface area contributed by atoms with E-state index in [1.807, 2.05) is 0 Å². The van der Waals surface area contributed by atoms with Crippen LogP contribution in [0.15, 0.2) is 52.4 Å². The first-order valence-corrected chi connectivity index (χ1v) is 12.6. The Hall–Kier alpha value is -2.80. The molecule has 3 aromatic rings. The van der Waals surface area contributed by atoms with Crippen molar-refractivity contribution in [3.05, 3.63) is 58.6 Å². The smallest absolute Gasteiger partial charge is 0.279 e. The lowest BCUT2D eigenvalue weighted by atomic mass is 10.2. The van der Waals surface area contributed by atoms with Crippen molar-refractivity contribution in [3.8, 4) is 12.3 Å². The maximum Gasteiger partial charge on any atom is 0.279 e. The number of thiazole rings is 1. The van der Waals surface area contributed by atoms with Crippen molar-refractivity contribution in [2.45, 2.75) is 37.1 Å². The van der Waals surface area contributed by atoms with Gasteiger partial charge in [0, 0.05) is 18.7 Å². The topological polar surface area (TPSA) is 71.7 Å². The van der Waals surface area contributed by atoms with Crippen LogP contribution in [0.25, 0.3) is 10.2 Å².